The summed E-state index contributed by atoms with van der Waals surface area (Å²) in [6, 6.07) is 7.54. The number of carbonyl (C=O) groups excluding carboxylic acids is 1. The lowest BCUT2D eigenvalue weighted by Crippen LogP contribution is -2.14. The molecule has 1 aromatic carbocycles. The van der Waals surface area contributed by atoms with E-state index in [0.717, 1.165) is 31.0 Å². The Bertz CT molecular complexity index is 606. The number of carbonyl (C=O) groups is 1. The highest BCUT2D eigenvalue weighted by atomic mass is 79.9. The predicted octanol–water partition coefficient (Wildman–Crippen LogP) is 4.53. The van der Waals surface area contributed by atoms with E-state index in [4.69, 9.17) is 0 Å². The molecule has 0 aliphatic carbocycles. The van der Waals surface area contributed by atoms with Gasteiger partial charge in [-0.1, -0.05) is 53.9 Å². The molecule has 2 rings (SSSR count). The molecular weight excluding hydrogens is 390 g/mol. The van der Waals surface area contributed by atoms with Crippen molar-refractivity contribution in [2.24, 2.45) is 0 Å². The second-order valence-corrected chi connectivity index (χ2v) is 8.40. The summed E-state index contributed by atoms with van der Waals surface area (Å²) in [5.74, 6) is 1.32. The maximum Gasteiger partial charge on any atom is 0.234 e. The molecule has 2 aromatic rings. The van der Waals surface area contributed by atoms with Gasteiger partial charge >= 0.3 is 0 Å². The Morgan fingerprint density at radius 3 is 2.71 bits per heavy atom. The van der Waals surface area contributed by atoms with Crippen LogP contribution in [0.1, 0.15) is 13.3 Å². The standard InChI is InChI=1S/C13H14BrN3OS3/c1-2-7-19-12-16-17-13(21-12)20-8-11(18)15-10-6-4-3-5-9(10)14/h3-6H,2,7-8H2,1H3,(H,15,18). The predicted molar refractivity (Wildman–Crippen MR) is 94.4 cm³/mol. The lowest BCUT2D eigenvalue weighted by atomic mass is 10.3. The quantitative estimate of drug-likeness (QED) is 0.687. The second kappa shape index (κ2) is 8.77. The zero-order chi connectivity index (χ0) is 15.1. The van der Waals surface area contributed by atoms with Crippen molar-refractivity contribution in [2.45, 2.75) is 22.0 Å². The smallest absolute Gasteiger partial charge is 0.234 e. The van der Waals surface area contributed by atoms with Gasteiger partial charge in [-0.05, 0) is 34.5 Å². The van der Waals surface area contributed by atoms with Gasteiger partial charge in [0.1, 0.15) is 0 Å². The SMILES string of the molecule is CCCSc1nnc(SCC(=O)Nc2ccccc2Br)s1. The van der Waals surface area contributed by atoms with Gasteiger partial charge in [-0.3, -0.25) is 4.79 Å². The highest BCUT2D eigenvalue weighted by Crippen LogP contribution is 2.29. The molecule has 1 amide bonds. The Hall–Kier alpha value is -0.570. The van der Waals surface area contributed by atoms with Crippen molar-refractivity contribution in [2.75, 3.05) is 16.8 Å². The maximum atomic E-state index is 11.9. The second-order valence-electron chi connectivity index (χ2n) is 4.00. The maximum absolute atomic E-state index is 11.9. The van der Waals surface area contributed by atoms with Gasteiger partial charge in [-0.2, -0.15) is 0 Å². The third-order valence-corrected chi connectivity index (χ3v) is 6.38. The number of rotatable bonds is 7. The van der Waals surface area contributed by atoms with Crippen molar-refractivity contribution in [1.29, 1.82) is 0 Å². The number of benzene rings is 1. The summed E-state index contributed by atoms with van der Waals surface area (Å²) in [5, 5.41) is 11.1. The van der Waals surface area contributed by atoms with Gasteiger partial charge in [0.05, 0.1) is 11.4 Å². The van der Waals surface area contributed by atoms with Crippen LogP contribution in [0.5, 0.6) is 0 Å². The molecular formula is C13H14BrN3OS3. The first-order valence-corrected chi connectivity index (χ1v) is 9.90. The normalized spacial score (nSPS) is 10.6. The van der Waals surface area contributed by atoms with E-state index in [1.54, 1.807) is 11.8 Å². The molecule has 4 nitrogen and oxygen atoms in total. The number of para-hydroxylation sites is 1. The summed E-state index contributed by atoms with van der Waals surface area (Å²) < 4.78 is 2.67. The fourth-order valence-corrected chi connectivity index (χ4v) is 4.51. The molecule has 0 bridgehead atoms. The minimum absolute atomic E-state index is 0.0511. The zero-order valence-electron chi connectivity index (χ0n) is 11.3. The fourth-order valence-electron chi connectivity index (χ4n) is 1.38. The summed E-state index contributed by atoms with van der Waals surface area (Å²) in [7, 11) is 0. The van der Waals surface area contributed by atoms with Gasteiger partial charge < -0.3 is 5.32 Å². The van der Waals surface area contributed by atoms with Crippen molar-refractivity contribution in [1.82, 2.24) is 10.2 Å². The van der Waals surface area contributed by atoms with E-state index in [1.807, 2.05) is 24.3 Å². The Morgan fingerprint density at radius 1 is 1.29 bits per heavy atom. The van der Waals surface area contributed by atoms with E-state index < -0.39 is 0 Å². The first kappa shape index (κ1) is 16.8. The fraction of sp³-hybridized carbons (Fsp3) is 0.308. The van der Waals surface area contributed by atoms with Gasteiger partial charge in [-0.15, -0.1) is 10.2 Å². The zero-order valence-corrected chi connectivity index (χ0v) is 15.4. The van der Waals surface area contributed by atoms with Gasteiger partial charge in [-0.25, -0.2) is 0 Å². The van der Waals surface area contributed by atoms with Crippen LogP contribution in [-0.2, 0) is 4.79 Å². The molecule has 0 saturated heterocycles. The number of hydrogen-bond acceptors (Lipinski definition) is 6. The average Bonchev–Trinajstić information content (AvgIpc) is 2.93. The minimum Gasteiger partial charge on any atom is -0.324 e. The van der Waals surface area contributed by atoms with Crippen molar-refractivity contribution >= 4 is 62.4 Å². The lowest BCUT2D eigenvalue weighted by Gasteiger charge is -2.05. The number of anilines is 1. The number of aromatic nitrogens is 2. The van der Waals surface area contributed by atoms with Crippen molar-refractivity contribution in [3.8, 4) is 0 Å². The topological polar surface area (TPSA) is 54.9 Å². The largest absolute Gasteiger partial charge is 0.324 e. The molecule has 112 valence electrons. The molecule has 1 N–H and O–H groups in total. The monoisotopic (exact) mass is 403 g/mol. The minimum atomic E-state index is -0.0511. The number of nitrogens with one attached hydrogen (secondary N) is 1. The Morgan fingerprint density at radius 2 is 2.00 bits per heavy atom. The van der Waals surface area contributed by atoms with E-state index in [-0.39, 0.29) is 5.91 Å². The first-order valence-electron chi connectivity index (χ1n) is 6.32. The van der Waals surface area contributed by atoms with Crippen molar-refractivity contribution in [3.63, 3.8) is 0 Å². The third kappa shape index (κ3) is 5.61. The Kier molecular flexibility index (Phi) is 7.01. The average molecular weight is 404 g/mol. The van der Waals surface area contributed by atoms with Gasteiger partial charge in [0.2, 0.25) is 5.91 Å². The van der Waals surface area contributed by atoms with Crippen LogP contribution in [0.2, 0.25) is 0 Å². The van der Waals surface area contributed by atoms with E-state index in [9.17, 15) is 4.79 Å². The summed E-state index contributed by atoms with van der Waals surface area (Å²) in [6.07, 6.45) is 1.11. The molecule has 0 atom stereocenters. The number of thioether (sulfide) groups is 2. The van der Waals surface area contributed by atoms with Crippen molar-refractivity contribution < 1.29 is 4.79 Å². The highest BCUT2D eigenvalue weighted by molar-refractivity contribution is 9.10. The van der Waals surface area contributed by atoms with Crippen molar-refractivity contribution in [3.05, 3.63) is 28.7 Å². The summed E-state index contributed by atoms with van der Waals surface area (Å²) in [4.78, 5) is 11.9. The molecule has 0 saturated carbocycles. The van der Waals surface area contributed by atoms with Crippen LogP contribution >= 0.6 is 50.8 Å². The lowest BCUT2D eigenvalue weighted by molar-refractivity contribution is -0.113. The highest BCUT2D eigenvalue weighted by Gasteiger charge is 2.09. The summed E-state index contributed by atoms with van der Waals surface area (Å²) >= 11 is 8.06. The number of nitrogens with zero attached hydrogens (tertiary/aromatic N) is 2. The Labute approximate surface area is 144 Å². The van der Waals surface area contributed by atoms with Crippen LogP contribution in [-0.4, -0.2) is 27.6 Å². The number of amides is 1. The summed E-state index contributed by atoms with van der Waals surface area (Å²) in [6.45, 7) is 2.13. The van der Waals surface area contributed by atoms with E-state index in [0.29, 0.717) is 5.75 Å². The van der Waals surface area contributed by atoms with Crippen LogP contribution in [0, 0.1) is 0 Å². The van der Waals surface area contributed by atoms with E-state index >= 15 is 0 Å². The molecule has 8 heteroatoms. The molecule has 0 radical (unpaired) electrons. The molecule has 21 heavy (non-hydrogen) atoms. The molecule has 0 fully saturated rings. The van der Waals surface area contributed by atoms with Crippen LogP contribution in [0.15, 0.2) is 37.4 Å². The number of halogens is 1. The molecule has 0 aliphatic heterocycles. The van der Waals surface area contributed by atoms with Gasteiger partial charge in [0, 0.05) is 10.2 Å². The Balaban J connectivity index is 1.81. The molecule has 1 heterocycles. The van der Waals surface area contributed by atoms with Crippen LogP contribution in [0.4, 0.5) is 5.69 Å². The van der Waals surface area contributed by atoms with Crippen LogP contribution in [0.25, 0.3) is 0 Å². The van der Waals surface area contributed by atoms with Gasteiger partial charge in [0.15, 0.2) is 8.68 Å². The molecule has 0 unspecified atom stereocenters. The summed E-state index contributed by atoms with van der Waals surface area (Å²) in [5.41, 5.74) is 0.777. The van der Waals surface area contributed by atoms with Gasteiger partial charge in [0.25, 0.3) is 0 Å². The molecule has 0 spiro atoms. The van der Waals surface area contributed by atoms with E-state index in [1.165, 1.54) is 23.1 Å². The molecule has 1 aromatic heterocycles. The first-order chi connectivity index (χ1) is 10.2. The van der Waals surface area contributed by atoms with Crippen LogP contribution < -0.4 is 5.32 Å². The van der Waals surface area contributed by atoms with Crippen LogP contribution in [0.3, 0.4) is 0 Å². The number of hydrogen-bond donors (Lipinski definition) is 1. The third-order valence-electron chi connectivity index (χ3n) is 2.29. The molecule has 0 aliphatic rings. The van der Waals surface area contributed by atoms with E-state index in [2.05, 4.69) is 38.4 Å².